The first-order chi connectivity index (χ1) is 14.0. The molecule has 0 unspecified atom stereocenters. The molecular formula is C22H21F2N3O2. The summed E-state index contributed by atoms with van der Waals surface area (Å²) in [6, 6.07) is 12.8. The van der Waals surface area contributed by atoms with Crippen LogP contribution in [0.3, 0.4) is 0 Å². The molecule has 1 heterocycles. The standard InChI is InChI=1S/C22H21F2N3O2/c23-17-5-1-15(2-6-17)11-27(12-16-3-7-18(24)8-4-16)13-21-26-20(14-29-21)22(28)25-19-9-10-19/h1-8,14,19H,9-13H2,(H,25,28). The van der Waals surface area contributed by atoms with E-state index in [1.54, 1.807) is 24.3 Å². The first-order valence-corrected chi connectivity index (χ1v) is 9.52. The third-order valence-electron chi connectivity index (χ3n) is 4.69. The highest BCUT2D eigenvalue weighted by Gasteiger charge is 2.25. The quantitative estimate of drug-likeness (QED) is 0.623. The van der Waals surface area contributed by atoms with Crippen molar-refractivity contribution in [3.8, 4) is 0 Å². The van der Waals surface area contributed by atoms with Crippen molar-refractivity contribution in [3.05, 3.63) is 89.1 Å². The number of nitrogens with one attached hydrogen (secondary N) is 1. The minimum atomic E-state index is -0.294. The number of nitrogens with zero attached hydrogens (tertiary/aromatic N) is 2. The maximum Gasteiger partial charge on any atom is 0.273 e. The summed E-state index contributed by atoms with van der Waals surface area (Å²) in [5.74, 6) is -0.406. The van der Waals surface area contributed by atoms with E-state index in [1.165, 1.54) is 30.5 Å². The van der Waals surface area contributed by atoms with Crippen molar-refractivity contribution in [1.29, 1.82) is 0 Å². The first kappa shape index (κ1) is 19.3. The summed E-state index contributed by atoms with van der Waals surface area (Å²) in [5.41, 5.74) is 2.11. The second kappa shape index (κ2) is 8.53. The van der Waals surface area contributed by atoms with E-state index in [0.29, 0.717) is 25.5 Å². The van der Waals surface area contributed by atoms with Crippen LogP contribution in [0.1, 0.15) is 40.3 Å². The van der Waals surface area contributed by atoms with Gasteiger partial charge in [0.25, 0.3) is 5.91 Å². The average molecular weight is 397 g/mol. The van der Waals surface area contributed by atoms with Gasteiger partial charge in [-0.2, -0.15) is 0 Å². The van der Waals surface area contributed by atoms with Crippen LogP contribution in [-0.4, -0.2) is 21.8 Å². The molecule has 1 N–H and O–H groups in total. The molecule has 0 radical (unpaired) electrons. The number of hydrogen-bond acceptors (Lipinski definition) is 4. The Bertz CT molecular complexity index is 919. The molecule has 1 aromatic heterocycles. The van der Waals surface area contributed by atoms with Gasteiger partial charge in [0, 0.05) is 19.1 Å². The predicted octanol–water partition coefficient (Wildman–Crippen LogP) is 4.05. The fourth-order valence-corrected chi connectivity index (χ4v) is 3.03. The average Bonchev–Trinajstić information content (AvgIpc) is 3.40. The van der Waals surface area contributed by atoms with Gasteiger partial charge in [0.1, 0.15) is 17.9 Å². The van der Waals surface area contributed by atoms with Crippen LogP contribution in [0.2, 0.25) is 0 Å². The van der Waals surface area contributed by atoms with Gasteiger partial charge in [0.05, 0.1) is 6.54 Å². The molecule has 150 valence electrons. The molecule has 29 heavy (non-hydrogen) atoms. The molecule has 3 aromatic rings. The first-order valence-electron chi connectivity index (χ1n) is 9.52. The molecule has 5 nitrogen and oxygen atoms in total. The molecule has 1 fully saturated rings. The summed E-state index contributed by atoms with van der Waals surface area (Å²) in [6.45, 7) is 1.39. The smallest absolute Gasteiger partial charge is 0.273 e. The number of amides is 1. The van der Waals surface area contributed by atoms with Crippen molar-refractivity contribution in [1.82, 2.24) is 15.2 Å². The highest BCUT2D eigenvalue weighted by Crippen LogP contribution is 2.20. The number of carbonyl (C=O) groups is 1. The van der Waals surface area contributed by atoms with E-state index in [1.807, 2.05) is 4.90 Å². The zero-order valence-electron chi connectivity index (χ0n) is 15.8. The van der Waals surface area contributed by atoms with Crippen LogP contribution in [-0.2, 0) is 19.6 Å². The molecule has 0 aliphatic heterocycles. The zero-order chi connectivity index (χ0) is 20.2. The fourth-order valence-electron chi connectivity index (χ4n) is 3.03. The Hall–Kier alpha value is -3.06. The number of rotatable bonds is 8. The summed E-state index contributed by atoms with van der Waals surface area (Å²) < 4.78 is 31.9. The van der Waals surface area contributed by atoms with Crippen LogP contribution < -0.4 is 5.32 Å². The van der Waals surface area contributed by atoms with Gasteiger partial charge >= 0.3 is 0 Å². The van der Waals surface area contributed by atoms with Crippen LogP contribution in [0.25, 0.3) is 0 Å². The van der Waals surface area contributed by atoms with Crippen molar-refractivity contribution in [2.24, 2.45) is 0 Å². The largest absolute Gasteiger partial charge is 0.447 e. The highest BCUT2D eigenvalue weighted by atomic mass is 19.1. The highest BCUT2D eigenvalue weighted by molar-refractivity contribution is 5.92. The van der Waals surface area contributed by atoms with Crippen molar-refractivity contribution < 1.29 is 18.0 Å². The topological polar surface area (TPSA) is 58.4 Å². The van der Waals surface area contributed by atoms with Gasteiger partial charge in [-0.05, 0) is 48.2 Å². The van der Waals surface area contributed by atoms with Crippen LogP contribution in [0.15, 0.2) is 59.2 Å². The minimum Gasteiger partial charge on any atom is -0.447 e. The Morgan fingerprint density at radius 2 is 1.52 bits per heavy atom. The molecule has 7 heteroatoms. The molecule has 4 rings (SSSR count). The van der Waals surface area contributed by atoms with Crippen molar-refractivity contribution in [3.63, 3.8) is 0 Å². The van der Waals surface area contributed by atoms with Gasteiger partial charge in [-0.1, -0.05) is 24.3 Å². The second-order valence-corrected chi connectivity index (χ2v) is 7.27. The Kier molecular flexibility index (Phi) is 5.67. The molecular weight excluding hydrogens is 376 g/mol. The van der Waals surface area contributed by atoms with Crippen molar-refractivity contribution in [2.75, 3.05) is 0 Å². The number of carbonyl (C=O) groups excluding carboxylic acids is 1. The number of benzene rings is 2. The second-order valence-electron chi connectivity index (χ2n) is 7.27. The summed E-state index contributed by atoms with van der Waals surface area (Å²) in [5, 5.41) is 2.88. The minimum absolute atomic E-state index is 0.230. The van der Waals surface area contributed by atoms with Gasteiger partial charge < -0.3 is 9.73 Å². The molecule has 0 atom stereocenters. The molecule has 1 saturated carbocycles. The molecule has 0 bridgehead atoms. The Morgan fingerprint density at radius 1 is 0.966 bits per heavy atom. The molecule has 1 aliphatic carbocycles. The molecule has 1 aliphatic rings. The van der Waals surface area contributed by atoms with Crippen LogP contribution in [0.4, 0.5) is 8.78 Å². The van der Waals surface area contributed by atoms with Crippen molar-refractivity contribution in [2.45, 2.75) is 38.5 Å². The maximum absolute atomic E-state index is 13.2. The molecule has 2 aromatic carbocycles. The molecule has 1 amide bonds. The molecule has 0 saturated heterocycles. The fraction of sp³-hybridized carbons (Fsp3) is 0.273. The lowest BCUT2D eigenvalue weighted by Crippen LogP contribution is -2.26. The van der Waals surface area contributed by atoms with Gasteiger partial charge in [-0.3, -0.25) is 9.69 Å². The van der Waals surface area contributed by atoms with E-state index in [4.69, 9.17) is 4.42 Å². The van der Waals surface area contributed by atoms with Crippen LogP contribution >= 0.6 is 0 Å². The number of halogens is 2. The third-order valence-corrected chi connectivity index (χ3v) is 4.69. The SMILES string of the molecule is O=C(NC1CC1)c1coc(CN(Cc2ccc(F)cc2)Cc2ccc(F)cc2)n1. The Morgan fingerprint density at radius 3 is 2.03 bits per heavy atom. The van der Waals surface area contributed by atoms with E-state index in [-0.39, 0.29) is 29.3 Å². The van der Waals surface area contributed by atoms with E-state index >= 15 is 0 Å². The normalized spacial score (nSPS) is 13.6. The number of aromatic nitrogens is 1. The summed E-state index contributed by atoms with van der Waals surface area (Å²) >= 11 is 0. The third kappa shape index (κ3) is 5.48. The lowest BCUT2D eigenvalue weighted by Gasteiger charge is -2.21. The maximum atomic E-state index is 13.2. The predicted molar refractivity (Wildman–Crippen MR) is 103 cm³/mol. The van der Waals surface area contributed by atoms with Gasteiger partial charge in [0.2, 0.25) is 5.89 Å². The number of hydrogen-bond donors (Lipinski definition) is 1. The van der Waals surface area contributed by atoms with E-state index in [2.05, 4.69) is 10.3 Å². The summed E-state index contributed by atoms with van der Waals surface area (Å²) in [7, 11) is 0. The van der Waals surface area contributed by atoms with Gasteiger partial charge in [-0.25, -0.2) is 13.8 Å². The Balaban J connectivity index is 1.47. The Labute approximate surface area is 167 Å². The lowest BCUT2D eigenvalue weighted by atomic mass is 10.1. The van der Waals surface area contributed by atoms with Gasteiger partial charge in [0.15, 0.2) is 5.69 Å². The van der Waals surface area contributed by atoms with Gasteiger partial charge in [-0.15, -0.1) is 0 Å². The summed E-state index contributed by atoms with van der Waals surface area (Å²) in [4.78, 5) is 18.5. The van der Waals surface area contributed by atoms with E-state index < -0.39 is 0 Å². The summed E-state index contributed by atoms with van der Waals surface area (Å²) in [6.07, 6.45) is 3.36. The molecule has 0 spiro atoms. The lowest BCUT2D eigenvalue weighted by molar-refractivity contribution is 0.0946. The van der Waals surface area contributed by atoms with E-state index in [9.17, 15) is 13.6 Å². The monoisotopic (exact) mass is 397 g/mol. The van der Waals surface area contributed by atoms with Crippen molar-refractivity contribution >= 4 is 5.91 Å². The van der Waals surface area contributed by atoms with Crippen LogP contribution in [0, 0.1) is 11.6 Å². The number of oxazole rings is 1. The zero-order valence-corrected chi connectivity index (χ0v) is 15.8. The van der Waals surface area contributed by atoms with Crippen LogP contribution in [0.5, 0.6) is 0 Å². The van der Waals surface area contributed by atoms with E-state index in [0.717, 1.165) is 24.0 Å².